The number of fused-ring (bicyclic) bond motifs is 1. The minimum Gasteiger partial charge on any atom is -0.206 e. The predicted octanol–water partition coefficient (Wildman–Crippen LogP) is 7.49. The number of rotatable bonds is 3. The number of hydrogen-bond acceptors (Lipinski definition) is 0. The molecule has 0 atom stereocenters. The highest BCUT2D eigenvalue weighted by atomic mass is 19.1. The van der Waals surface area contributed by atoms with Gasteiger partial charge in [-0.1, -0.05) is 61.7 Å². The lowest BCUT2D eigenvalue weighted by molar-refractivity contribution is -0.659. The van der Waals surface area contributed by atoms with E-state index < -0.39 is 0 Å². The molecule has 1 aliphatic rings. The average Bonchev–Trinajstić information content (AvgIpc) is 2.81. The summed E-state index contributed by atoms with van der Waals surface area (Å²) in [4.78, 5) is 0. The Hall–Kier alpha value is -3.00. The lowest BCUT2D eigenvalue weighted by Crippen LogP contribution is -2.30. The molecule has 0 amide bonds. The number of aromatic nitrogens is 1. The number of halogens is 1. The zero-order chi connectivity index (χ0) is 21.4. The third-order valence-corrected chi connectivity index (χ3v) is 6.89. The van der Waals surface area contributed by atoms with Gasteiger partial charge in [0.25, 0.3) is 0 Å². The Morgan fingerprint density at radius 3 is 2.39 bits per heavy atom. The molecule has 0 unspecified atom stereocenters. The van der Waals surface area contributed by atoms with Crippen LogP contribution in [0.1, 0.15) is 49.1 Å². The van der Waals surface area contributed by atoms with Gasteiger partial charge in [-0.15, -0.1) is 0 Å². The van der Waals surface area contributed by atoms with Crippen LogP contribution >= 0.6 is 0 Å². The summed E-state index contributed by atoms with van der Waals surface area (Å²) in [5.74, 6) is 0.516. The van der Waals surface area contributed by atoms with E-state index in [0.29, 0.717) is 11.5 Å². The molecule has 1 aromatic heterocycles. The number of hydrogen-bond donors (Lipinski definition) is 0. The maximum Gasteiger partial charge on any atom is 0.220 e. The van der Waals surface area contributed by atoms with Gasteiger partial charge in [-0.3, -0.25) is 0 Å². The van der Waals surface area contributed by atoms with Gasteiger partial charge in [-0.25, -0.2) is 8.96 Å². The van der Waals surface area contributed by atoms with E-state index in [4.69, 9.17) is 0 Å². The molecule has 1 aliphatic carbocycles. The predicted molar refractivity (Wildman–Crippen MR) is 127 cm³/mol. The lowest BCUT2D eigenvalue weighted by atomic mass is 9.83. The highest BCUT2D eigenvalue weighted by molar-refractivity contribution is 5.94. The maximum atomic E-state index is 14.9. The summed E-state index contributed by atoms with van der Waals surface area (Å²) in [7, 11) is 2.08. The summed E-state index contributed by atoms with van der Waals surface area (Å²) in [5, 5.41) is 2.49. The average molecular weight is 411 g/mol. The largest absolute Gasteiger partial charge is 0.220 e. The van der Waals surface area contributed by atoms with E-state index in [1.807, 2.05) is 43.3 Å². The molecule has 4 aromatic rings. The summed E-state index contributed by atoms with van der Waals surface area (Å²) < 4.78 is 17.1. The zero-order valence-corrected chi connectivity index (χ0v) is 18.4. The molecule has 5 rings (SSSR count). The molecule has 3 aromatic carbocycles. The van der Waals surface area contributed by atoms with Crippen molar-refractivity contribution in [2.45, 2.75) is 44.9 Å². The standard InChI is InChI=1S/C29H29FN/c1-20-17-28(30)27(22-11-7-4-8-12-22)19-26(20)29-25-14-13-23(21-9-5-3-6-10-21)18-24(25)15-16-31(29)2/h4,7-8,11-19,21H,3,5-6,9-10H2,1-2H3/q+1. The van der Waals surface area contributed by atoms with E-state index in [1.165, 1.54) is 48.4 Å². The highest BCUT2D eigenvalue weighted by Gasteiger charge is 2.21. The molecule has 0 bridgehead atoms. The molecule has 0 saturated heterocycles. The normalized spacial score (nSPS) is 14.8. The fourth-order valence-corrected chi connectivity index (χ4v) is 5.18. The molecule has 0 N–H and O–H groups in total. The number of pyridine rings is 1. The van der Waals surface area contributed by atoms with Crippen LogP contribution in [0.5, 0.6) is 0 Å². The van der Waals surface area contributed by atoms with Gasteiger partial charge in [-0.05, 0) is 66.0 Å². The Bertz CT molecular complexity index is 1240. The van der Waals surface area contributed by atoms with Gasteiger partial charge >= 0.3 is 0 Å². The molecule has 31 heavy (non-hydrogen) atoms. The van der Waals surface area contributed by atoms with Crippen LogP contribution in [0.4, 0.5) is 4.39 Å². The SMILES string of the molecule is Cc1cc(F)c(-c2ccccc2)cc1-c1c2ccc(C3CCCCC3)cc2cc[n+]1C. The summed E-state index contributed by atoms with van der Waals surface area (Å²) in [6.07, 6.45) is 8.79. The molecule has 0 aliphatic heterocycles. The van der Waals surface area contributed by atoms with Gasteiger partial charge < -0.3 is 0 Å². The Morgan fingerprint density at radius 2 is 1.61 bits per heavy atom. The first-order chi connectivity index (χ1) is 15.1. The fraction of sp³-hybridized carbons (Fsp3) is 0.276. The van der Waals surface area contributed by atoms with Crippen LogP contribution in [-0.4, -0.2) is 0 Å². The number of benzene rings is 3. The molecule has 1 heterocycles. The first kappa shape index (κ1) is 19.9. The molecule has 1 nitrogen and oxygen atoms in total. The second-order valence-corrected chi connectivity index (χ2v) is 8.97. The van der Waals surface area contributed by atoms with Crippen molar-refractivity contribution in [3.8, 4) is 22.4 Å². The van der Waals surface area contributed by atoms with Crippen LogP contribution < -0.4 is 4.57 Å². The van der Waals surface area contributed by atoms with Crippen molar-refractivity contribution in [2.24, 2.45) is 7.05 Å². The van der Waals surface area contributed by atoms with Crippen molar-refractivity contribution in [3.05, 3.63) is 89.9 Å². The third kappa shape index (κ3) is 3.76. The molecule has 1 fully saturated rings. The molecule has 0 radical (unpaired) electrons. The van der Waals surface area contributed by atoms with E-state index in [1.54, 1.807) is 6.07 Å². The highest BCUT2D eigenvalue weighted by Crippen LogP contribution is 2.37. The van der Waals surface area contributed by atoms with Gasteiger partial charge in [0, 0.05) is 11.6 Å². The lowest BCUT2D eigenvalue weighted by Gasteiger charge is -2.22. The summed E-state index contributed by atoms with van der Waals surface area (Å²) in [6, 6.07) is 22.7. The smallest absolute Gasteiger partial charge is 0.206 e. The number of nitrogens with zero attached hydrogens (tertiary/aromatic N) is 1. The van der Waals surface area contributed by atoms with E-state index >= 15 is 0 Å². The van der Waals surface area contributed by atoms with Crippen molar-refractivity contribution in [1.29, 1.82) is 0 Å². The Labute approximate surface area is 184 Å². The van der Waals surface area contributed by atoms with Crippen molar-refractivity contribution < 1.29 is 8.96 Å². The minimum atomic E-state index is -0.171. The topological polar surface area (TPSA) is 3.88 Å². The maximum absolute atomic E-state index is 14.9. The van der Waals surface area contributed by atoms with Gasteiger partial charge in [-0.2, -0.15) is 0 Å². The minimum absolute atomic E-state index is 0.171. The molecule has 1 saturated carbocycles. The van der Waals surface area contributed by atoms with Crippen molar-refractivity contribution in [2.75, 3.05) is 0 Å². The van der Waals surface area contributed by atoms with Crippen LogP contribution in [-0.2, 0) is 7.05 Å². The molecular weight excluding hydrogens is 381 g/mol. The van der Waals surface area contributed by atoms with Crippen molar-refractivity contribution >= 4 is 10.8 Å². The van der Waals surface area contributed by atoms with Gasteiger partial charge in [0.05, 0.1) is 10.9 Å². The number of aryl methyl sites for hydroxylation is 2. The Kier molecular flexibility index (Phi) is 5.31. The molecule has 2 heteroatoms. The van der Waals surface area contributed by atoms with Gasteiger partial charge in [0.15, 0.2) is 6.20 Å². The van der Waals surface area contributed by atoms with Crippen LogP contribution in [0, 0.1) is 12.7 Å². The van der Waals surface area contributed by atoms with E-state index in [-0.39, 0.29) is 5.82 Å². The van der Waals surface area contributed by atoms with Crippen LogP contribution in [0.15, 0.2) is 72.9 Å². The summed E-state index contributed by atoms with van der Waals surface area (Å²) in [6.45, 7) is 2.00. The van der Waals surface area contributed by atoms with Gasteiger partial charge in [0.1, 0.15) is 12.9 Å². The second-order valence-electron chi connectivity index (χ2n) is 8.97. The Balaban J connectivity index is 1.67. The monoisotopic (exact) mass is 410 g/mol. The van der Waals surface area contributed by atoms with Crippen molar-refractivity contribution in [1.82, 2.24) is 0 Å². The third-order valence-electron chi connectivity index (χ3n) is 6.89. The first-order valence-corrected chi connectivity index (χ1v) is 11.4. The van der Waals surface area contributed by atoms with E-state index in [2.05, 4.69) is 42.1 Å². The zero-order valence-electron chi connectivity index (χ0n) is 18.4. The van der Waals surface area contributed by atoms with Crippen LogP contribution in [0.3, 0.4) is 0 Å². The fourth-order valence-electron chi connectivity index (χ4n) is 5.18. The van der Waals surface area contributed by atoms with E-state index in [9.17, 15) is 4.39 Å². The summed E-state index contributed by atoms with van der Waals surface area (Å²) in [5.41, 5.74) is 6.20. The quantitative estimate of drug-likeness (QED) is 0.308. The van der Waals surface area contributed by atoms with Crippen LogP contribution in [0.25, 0.3) is 33.2 Å². The molecular formula is C29H29FN+. The van der Waals surface area contributed by atoms with Gasteiger partial charge in [0.2, 0.25) is 5.69 Å². The molecule has 156 valence electrons. The second kappa shape index (κ2) is 8.26. The van der Waals surface area contributed by atoms with Crippen molar-refractivity contribution in [3.63, 3.8) is 0 Å². The molecule has 0 spiro atoms. The van der Waals surface area contributed by atoms with E-state index in [0.717, 1.165) is 22.4 Å². The first-order valence-electron chi connectivity index (χ1n) is 11.4. The Morgan fingerprint density at radius 1 is 0.839 bits per heavy atom. The summed E-state index contributed by atoms with van der Waals surface area (Å²) >= 11 is 0. The van der Waals surface area contributed by atoms with Crippen LogP contribution in [0.2, 0.25) is 0 Å².